The van der Waals surface area contributed by atoms with Gasteiger partial charge in [-0.3, -0.25) is 9.67 Å². The molecule has 2 N–H and O–H groups in total. The summed E-state index contributed by atoms with van der Waals surface area (Å²) in [5.41, 5.74) is 3.58. The van der Waals surface area contributed by atoms with Gasteiger partial charge in [-0.2, -0.15) is 5.10 Å². The molecule has 2 rings (SSSR count). The lowest BCUT2D eigenvalue weighted by atomic mass is 10.1. The van der Waals surface area contributed by atoms with E-state index in [2.05, 4.69) is 51.7 Å². The summed E-state index contributed by atoms with van der Waals surface area (Å²) < 4.78 is 3.81. The van der Waals surface area contributed by atoms with Crippen molar-refractivity contribution in [1.29, 1.82) is 0 Å². The average molecular weight is 446 g/mol. The number of nitrogens with one attached hydrogen (secondary N) is 2. The highest BCUT2D eigenvalue weighted by molar-refractivity contribution is 14.0. The Morgan fingerprint density at radius 1 is 1.33 bits per heavy atom. The SMILES string of the molecule is CN=C(NCc1nncn1C)NC(C)Cc1c(C)nn(C)c1C.I. The number of rotatable bonds is 5. The molecule has 2 heterocycles. The van der Waals surface area contributed by atoms with Gasteiger partial charge >= 0.3 is 0 Å². The van der Waals surface area contributed by atoms with Crippen molar-refractivity contribution in [2.24, 2.45) is 19.1 Å². The van der Waals surface area contributed by atoms with Crippen molar-refractivity contribution in [3.05, 3.63) is 29.1 Å². The second-order valence-corrected chi connectivity index (χ2v) is 5.81. The Balaban J connectivity index is 0.00000288. The van der Waals surface area contributed by atoms with Crippen LogP contribution in [0, 0.1) is 13.8 Å². The monoisotopic (exact) mass is 446 g/mol. The molecule has 0 spiro atoms. The van der Waals surface area contributed by atoms with E-state index in [9.17, 15) is 0 Å². The maximum absolute atomic E-state index is 4.47. The molecule has 1 unspecified atom stereocenters. The Labute approximate surface area is 160 Å². The highest BCUT2D eigenvalue weighted by Crippen LogP contribution is 2.14. The third-order valence-corrected chi connectivity index (χ3v) is 4.00. The van der Waals surface area contributed by atoms with Crippen LogP contribution in [-0.2, 0) is 27.1 Å². The van der Waals surface area contributed by atoms with Crippen molar-refractivity contribution in [2.75, 3.05) is 7.05 Å². The van der Waals surface area contributed by atoms with Crippen LogP contribution in [0.2, 0.25) is 0 Å². The minimum absolute atomic E-state index is 0. The van der Waals surface area contributed by atoms with Gasteiger partial charge in [-0.05, 0) is 32.8 Å². The number of aliphatic imine (C=N–C) groups is 1. The van der Waals surface area contributed by atoms with E-state index in [1.807, 2.05) is 23.3 Å². The summed E-state index contributed by atoms with van der Waals surface area (Å²) in [5.74, 6) is 1.61. The lowest BCUT2D eigenvalue weighted by Gasteiger charge is -2.18. The summed E-state index contributed by atoms with van der Waals surface area (Å²) in [6.45, 7) is 6.87. The Kier molecular flexibility index (Phi) is 7.64. The van der Waals surface area contributed by atoms with Crippen molar-refractivity contribution in [1.82, 2.24) is 35.2 Å². The number of aryl methyl sites for hydroxylation is 3. The van der Waals surface area contributed by atoms with E-state index < -0.39 is 0 Å². The minimum atomic E-state index is 0. The van der Waals surface area contributed by atoms with Gasteiger partial charge in [-0.25, -0.2) is 0 Å². The molecule has 0 saturated heterocycles. The number of hydrogen-bond acceptors (Lipinski definition) is 4. The molecule has 9 heteroatoms. The molecule has 1 atom stereocenters. The van der Waals surface area contributed by atoms with Gasteiger partial charge in [-0.1, -0.05) is 0 Å². The molecular weight excluding hydrogens is 419 g/mol. The second-order valence-electron chi connectivity index (χ2n) is 5.81. The molecular formula is C15H27IN8. The molecule has 24 heavy (non-hydrogen) atoms. The van der Waals surface area contributed by atoms with E-state index in [4.69, 9.17) is 0 Å². The zero-order valence-corrected chi connectivity index (χ0v) is 17.5. The summed E-state index contributed by atoms with van der Waals surface area (Å²) in [4.78, 5) is 4.26. The van der Waals surface area contributed by atoms with Gasteiger partial charge in [0.1, 0.15) is 6.33 Å². The molecule has 0 aliphatic rings. The van der Waals surface area contributed by atoms with Crippen LogP contribution in [0.15, 0.2) is 11.3 Å². The summed E-state index contributed by atoms with van der Waals surface area (Å²) in [6.07, 6.45) is 2.58. The van der Waals surface area contributed by atoms with Crippen LogP contribution in [-0.4, -0.2) is 43.6 Å². The molecule has 134 valence electrons. The molecule has 0 aromatic carbocycles. The van der Waals surface area contributed by atoms with Crippen LogP contribution >= 0.6 is 24.0 Å². The molecule has 0 aliphatic heterocycles. The number of nitrogens with zero attached hydrogens (tertiary/aromatic N) is 6. The maximum atomic E-state index is 4.47. The predicted molar refractivity (Wildman–Crippen MR) is 106 cm³/mol. The summed E-state index contributed by atoms with van der Waals surface area (Å²) in [6, 6.07) is 0.238. The Bertz CT molecular complexity index is 688. The minimum Gasteiger partial charge on any atom is -0.354 e. The normalized spacial score (nSPS) is 12.7. The predicted octanol–water partition coefficient (Wildman–Crippen LogP) is 1.08. The zero-order valence-electron chi connectivity index (χ0n) is 15.2. The lowest BCUT2D eigenvalue weighted by Crippen LogP contribution is -2.43. The zero-order chi connectivity index (χ0) is 17.0. The summed E-state index contributed by atoms with van der Waals surface area (Å²) in [5, 5.41) is 19.1. The highest BCUT2D eigenvalue weighted by Gasteiger charge is 2.14. The van der Waals surface area contributed by atoms with Crippen LogP contribution in [0.4, 0.5) is 0 Å². The molecule has 0 radical (unpaired) electrons. The Morgan fingerprint density at radius 3 is 2.54 bits per heavy atom. The Morgan fingerprint density at radius 2 is 2.04 bits per heavy atom. The van der Waals surface area contributed by atoms with Crippen LogP contribution in [0.1, 0.15) is 29.7 Å². The topological polar surface area (TPSA) is 84.9 Å². The lowest BCUT2D eigenvalue weighted by molar-refractivity contribution is 0.629. The number of hydrogen-bond donors (Lipinski definition) is 2. The van der Waals surface area contributed by atoms with Crippen molar-refractivity contribution in [3.63, 3.8) is 0 Å². The van der Waals surface area contributed by atoms with Gasteiger partial charge in [-0.15, -0.1) is 34.2 Å². The second kappa shape index (κ2) is 9.00. The van der Waals surface area contributed by atoms with Crippen LogP contribution < -0.4 is 10.6 Å². The van der Waals surface area contributed by atoms with E-state index in [1.165, 1.54) is 11.3 Å². The first-order valence-corrected chi connectivity index (χ1v) is 7.71. The number of aromatic nitrogens is 5. The fourth-order valence-corrected chi connectivity index (χ4v) is 2.53. The van der Waals surface area contributed by atoms with Crippen molar-refractivity contribution < 1.29 is 0 Å². The van der Waals surface area contributed by atoms with E-state index >= 15 is 0 Å². The van der Waals surface area contributed by atoms with Crippen LogP contribution in [0.3, 0.4) is 0 Å². The third kappa shape index (κ3) is 4.92. The van der Waals surface area contributed by atoms with Gasteiger partial charge in [0, 0.05) is 32.9 Å². The van der Waals surface area contributed by atoms with Gasteiger partial charge < -0.3 is 15.2 Å². The third-order valence-electron chi connectivity index (χ3n) is 4.00. The molecule has 2 aromatic rings. The number of guanidine groups is 1. The van der Waals surface area contributed by atoms with E-state index in [1.54, 1.807) is 13.4 Å². The van der Waals surface area contributed by atoms with Crippen LogP contribution in [0.5, 0.6) is 0 Å². The van der Waals surface area contributed by atoms with E-state index in [0.717, 1.165) is 23.9 Å². The summed E-state index contributed by atoms with van der Waals surface area (Å²) >= 11 is 0. The maximum Gasteiger partial charge on any atom is 0.191 e. The largest absolute Gasteiger partial charge is 0.354 e. The molecule has 2 aromatic heterocycles. The first kappa shape index (κ1) is 20.4. The van der Waals surface area contributed by atoms with Crippen molar-refractivity contribution >= 4 is 29.9 Å². The quantitative estimate of drug-likeness (QED) is 0.408. The molecule has 0 amide bonds. The summed E-state index contributed by atoms with van der Waals surface area (Å²) in [7, 11) is 5.66. The smallest absolute Gasteiger partial charge is 0.191 e. The van der Waals surface area contributed by atoms with Gasteiger partial charge in [0.05, 0.1) is 12.2 Å². The fourth-order valence-electron chi connectivity index (χ4n) is 2.53. The number of halogens is 1. The first-order valence-electron chi connectivity index (χ1n) is 7.71. The van der Waals surface area contributed by atoms with Gasteiger partial charge in [0.25, 0.3) is 0 Å². The van der Waals surface area contributed by atoms with Crippen molar-refractivity contribution in [3.8, 4) is 0 Å². The van der Waals surface area contributed by atoms with Crippen LogP contribution in [0.25, 0.3) is 0 Å². The molecule has 8 nitrogen and oxygen atoms in total. The average Bonchev–Trinajstić information content (AvgIpc) is 3.02. The van der Waals surface area contributed by atoms with E-state index in [0.29, 0.717) is 6.54 Å². The fraction of sp³-hybridized carbons (Fsp3) is 0.600. The molecule has 0 fully saturated rings. The standard InChI is InChI=1S/C15H26N8.HI/c1-10(7-13-11(2)21-23(6)12(13)3)19-15(16-4)17-8-14-20-18-9-22(14)5;/h9-10H,7-8H2,1-6H3,(H2,16,17,19);1H. The Hall–Kier alpha value is -1.65. The van der Waals surface area contributed by atoms with Gasteiger partial charge in [0.2, 0.25) is 0 Å². The highest BCUT2D eigenvalue weighted by atomic mass is 127. The van der Waals surface area contributed by atoms with Crippen molar-refractivity contribution in [2.45, 2.75) is 39.8 Å². The molecule has 0 bridgehead atoms. The first-order chi connectivity index (χ1) is 10.9. The van der Waals surface area contributed by atoms with E-state index in [-0.39, 0.29) is 30.0 Å². The molecule has 0 aliphatic carbocycles. The molecule has 0 saturated carbocycles. The van der Waals surface area contributed by atoms with Gasteiger partial charge in [0.15, 0.2) is 11.8 Å².